The predicted octanol–water partition coefficient (Wildman–Crippen LogP) is 10.4. The molecule has 0 saturated carbocycles. The third kappa shape index (κ3) is 33.2. The van der Waals surface area contributed by atoms with Crippen molar-refractivity contribution in [2.75, 3.05) is 39.5 Å². The lowest BCUT2D eigenvalue weighted by Gasteiger charge is -2.29. The van der Waals surface area contributed by atoms with Gasteiger partial charge >= 0.3 is 0 Å². The molecule has 0 radical (unpaired) electrons. The van der Waals surface area contributed by atoms with Crippen molar-refractivity contribution < 1.29 is 85.9 Å². The number of halogens is 4. The van der Waals surface area contributed by atoms with Crippen molar-refractivity contribution >= 4 is 64.8 Å². The van der Waals surface area contributed by atoms with Crippen LogP contribution in [-0.2, 0) is 81.7 Å². The van der Waals surface area contributed by atoms with Crippen LogP contribution in [0.2, 0.25) is 5.02 Å². The second-order valence-electron chi connectivity index (χ2n) is 35.1. The summed E-state index contributed by atoms with van der Waals surface area (Å²) in [5, 5.41) is 65.1. The van der Waals surface area contributed by atoms with Crippen LogP contribution in [0.1, 0.15) is 176 Å². The van der Waals surface area contributed by atoms with Crippen LogP contribution in [0.5, 0.6) is 34.5 Å². The summed E-state index contributed by atoms with van der Waals surface area (Å²) in [5.41, 5.74) is 4.36. The van der Waals surface area contributed by atoms with E-state index in [-0.39, 0.29) is 126 Å². The minimum absolute atomic E-state index is 0.0421. The van der Waals surface area contributed by atoms with E-state index in [0.29, 0.717) is 95.3 Å². The molecule has 0 aromatic heterocycles. The molecule has 15 atom stereocenters. The van der Waals surface area contributed by atoms with Gasteiger partial charge in [0.15, 0.2) is 29.0 Å². The van der Waals surface area contributed by atoms with E-state index in [0.717, 1.165) is 45.9 Å². The summed E-state index contributed by atoms with van der Waals surface area (Å²) in [6.07, 6.45) is 5.64. The van der Waals surface area contributed by atoms with Crippen LogP contribution in [-0.4, -0.2) is 180 Å². The molecule has 0 unspecified atom stereocenters. The van der Waals surface area contributed by atoms with E-state index in [2.05, 4.69) is 70.7 Å². The number of carbonyl (C=O) groups is 9. The Balaban J connectivity index is 0.000000261. The van der Waals surface area contributed by atoms with Gasteiger partial charge in [-0.25, -0.2) is 13.2 Å². The molecule has 9 rings (SSSR count). The van der Waals surface area contributed by atoms with E-state index in [1.54, 1.807) is 32.0 Å². The van der Waals surface area contributed by atoms with Crippen molar-refractivity contribution in [1.82, 2.24) is 63.8 Å². The van der Waals surface area contributed by atoms with Gasteiger partial charge < -0.3 is 77.4 Å². The minimum atomic E-state index is -1.14. The zero-order chi connectivity index (χ0) is 93.3. The number of benzene rings is 6. The molecule has 15 N–H and O–H groups in total. The number of carbonyl (C=O) groups excluding carboxylic acids is 9. The first-order valence-electron chi connectivity index (χ1n) is 44.5. The first-order valence-corrected chi connectivity index (χ1v) is 44.9. The molecule has 0 fully saturated rings. The Bertz CT molecular complexity index is 4410. The number of ether oxygens (including phenoxy) is 3. The third-order valence-electron chi connectivity index (χ3n) is 22.2. The van der Waals surface area contributed by atoms with Crippen LogP contribution in [0, 0.1) is 53.0 Å². The number of fused-ring (bicyclic) bond motifs is 3. The second-order valence-corrected chi connectivity index (χ2v) is 35.5. The highest BCUT2D eigenvalue weighted by Crippen LogP contribution is 2.29. The number of phenolic OH excluding ortho intramolecular Hbond substituents is 3. The SMILES string of the molecule is CCC[C@@H]1NC(=O)[C@@H](C(C)C)NC(=O)[C@@H](Cc2cc(F)c(O)c(F)c2)N[C@@H](C)COc2ccccc2C[C@H](C)CNC1=O.CCC[C@@H]1NC(=O)[C@@H](C(C)C)NC(=O)[C@@H](Cc2ccc(O)c(Cl)c2)N[C@@H](C)COc2ccccc2C[C@H](C)CNC1=O.CCC[C@@H]1NC(=O)[C@@H](C(C)C)NC(=O)[C@@H](Cc2ccc(O)c(F)c2)N[C@@H](C)COc2ccccc2C[C@H](C)CNC1=O. The van der Waals surface area contributed by atoms with Crippen LogP contribution in [0.3, 0.4) is 0 Å². The number of aromatic hydroxyl groups is 3. The van der Waals surface area contributed by atoms with Gasteiger partial charge in [0.05, 0.1) is 23.1 Å². The first-order chi connectivity index (χ1) is 60.3. The lowest BCUT2D eigenvalue weighted by molar-refractivity contribution is -0.133. The van der Waals surface area contributed by atoms with Gasteiger partial charge in [0.25, 0.3) is 0 Å². The standard InChI is InChI=1S/C32H45ClN4O5.C32H44F2N4O5.C32H45FN4O5/c1-6-9-25-30(39)34-17-20(4)14-23-10-7-8-11-28(23)42-18-21(5)35-26(16-22-12-13-27(38)24(33)15-22)31(40)37-29(19(2)3)32(41)36-25;1-6-9-25-30(40)35-16-19(4)12-22-10-7-8-11-27(22)43-17-20(5)36-26(15-21-13-23(33)29(39)24(34)14-21)31(41)38-28(18(2)3)32(42)37-25;1-6-9-25-30(39)34-17-20(4)14-23-10-7-8-11-28(23)42-18-21(5)35-26(16-22-12-13-27(38)24(33)15-22)31(40)37-29(19(2)3)32(41)36-25/h7-8,10-13,15,19-21,25-26,29,35,38H,6,9,14,16-18H2,1-5H3,(H,34,39)(H,36,41)(H,37,40);7-8,10-11,13-14,18-20,25-26,28,36,39H,6,9,12,15-17H2,1-5H3,(H,35,40)(H,37,42)(H,38,41);7-8,10-13,15,19-21,25-26,29,35,38H,6,9,14,16-18H2,1-5H3,(H,34,39)(H,36,41)(H,37,40)/t20-,21-,25-,26+,29+;19-,20-,25-,26+,28+;20-,21-,25-,26+,29+/m000/s1. The largest absolute Gasteiger partial charge is 0.506 e. The van der Waals surface area contributed by atoms with Gasteiger partial charge in [-0.05, 0) is 202 Å². The smallest absolute Gasteiger partial charge is 0.243 e. The van der Waals surface area contributed by atoms with Crippen LogP contribution >= 0.6 is 11.6 Å². The van der Waals surface area contributed by atoms with Crippen LogP contribution in [0.15, 0.2) is 121 Å². The number of hydrogen-bond acceptors (Lipinski definition) is 18. The average molecular weight is 1790 g/mol. The zero-order valence-corrected chi connectivity index (χ0v) is 76.7. The van der Waals surface area contributed by atoms with Crippen LogP contribution in [0.25, 0.3) is 0 Å². The molecule has 3 heterocycles. The molecule has 0 spiro atoms. The number of phenols is 3. The summed E-state index contributed by atoms with van der Waals surface area (Å²) in [6.45, 7) is 30.5. The maximum atomic E-state index is 14.2. The Morgan fingerprint density at radius 1 is 0.362 bits per heavy atom. The van der Waals surface area contributed by atoms with Crippen LogP contribution < -0.4 is 78.0 Å². The van der Waals surface area contributed by atoms with E-state index in [1.807, 2.05) is 156 Å². The molecule has 127 heavy (non-hydrogen) atoms. The molecular formula is C96H134ClF3N12O15. The van der Waals surface area contributed by atoms with Gasteiger partial charge in [-0.2, -0.15) is 0 Å². The van der Waals surface area contributed by atoms with Gasteiger partial charge in [-0.1, -0.05) is 181 Å². The maximum absolute atomic E-state index is 14.2. The highest BCUT2D eigenvalue weighted by atomic mass is 35.5. The molecule has 696 valence electrons. The lowest BCUT2D eigenvalue weighted by Crippen LogP contribution is -2.59. The molecule has 9 amide bonds. The van der Waals surface area contributed by atoms with Crippen molar-refractivity contribution in [1.29, 1.82) is 0 Å². The van der Waals surface area contributed by atoms with Gasteiger partial charge in [-0.15, -0.1) is 0 Å². The molecule has 0 bridgehead atoms. The van der Waals surface area contributed by atoms with Crippen LogP contribution in [0.4, 0.5) is 13.2 Å². The van der Waals surface area contributed by atoms with E-state index < -0.39 is 113 Å². The molecule has 6 aromatic carbocycles. The monoisotopic (exact) mass is 1790 g/mol. The Kier molecular flexibility index (Phi) is 41.8. The molecule has 31 heteroatoms. The van der Waals surface area contributed by atoms with Gasteiger partial charge in [0.1, 0.15) is 79.1 Å². The van der Waals surface area contributed by atoms with E-state index in [1.165, 1.54) is 18.2 Å². The number of hydrogen-bond donors (Lipinski definition) is 15. The highest BCUT2D eigenvalue weighted by molar-refractivity contribution is 6.32. The number of nitrogens with one attached hydrogen (secondary N) is 12. The summed E-state index contributed by atoms with van der Waals surface area (Å²) < 4.78 is 60.9. The van der Waals surface area contributed by atoms with E-state index >= 15 is 0 Å². The fourth-order valence-electron chi connectivity index (χ4n) is 15.1. The van der Waals surface area contributed by atoms with Crippen molar-refractivity contribution in [2.24, 2.45) is 35.5 Å². The topological polar surface area (TPSA) is 386 Å². The van der Waals surface area contributed by atoms with Crippen molar-refractivity contribution in [2.45, 2.75) is 253 Å². The molecule has 0 saturated heterocycles. The maximum Gasteiger partial charge on any atom is 0.243 e. The Hall–Kier alpha value is -10.7. The molecule has 3 aliphatic rings. The normalized spacial score (nSPS) is 24.7. The summed E-state index contributed by atoms with van der Waals surface area (Å²) in [7, 11) is 0. The predicted molar refractivity (Wildman–Crippen MR) is 484 cm³/mol. The van der Waals surface area contributed by atoms with Crippen molar-refractivity contribution in [3.05, 3.63) is 177 Å². The summed E-state index contributed by atoms with van der Waals surface area (Å²) >= 11 is 6.15. The Morgan fingerprint density at radius 2 is 0.654 bits per heavy atom. The first kappa shape index (κ1) is 103. The van der Waals surface area contributed by atoms with Gasteiger partial charge in [0.2, 0.25) is 53.2 Å². The summed E-state index contributed by atoms with van der Waals surface area (Å²) in [6, 6.07) is 25.4. The van der Waals surface area contributed by atoms with Crippen molar-refractivity contribution in [3.8, 4) is 34.5 Å². The molecular weight excluding hydrogens is 1650 g/mol. The fourth-order valence-corrected chi connectivity index (χ4v) is 15.3. The average Bonchev–Trinajstić information content (AvgIpc) is 0.785. The molecule has 0 aliphatic carbocycles. The third-order valence-corrected chi connectivity index (χ3v) is 22.5. The number of rotatable bonds is 15. The fraction of sp³-hybridized carbons (Fsp3) is 0.531. The molecule has 27 nitrogen and oxygen atoms in total. The van der Waals surface area contributed by atoms with E-state index in [9.17, 15) is 71.6 Å². The second kappa shape index (κ2) is 51.3. The summed E-state index contributed by atoms with van der Waals surface area (Å²) in [5.74, 6) is -6.56. The van der Waals surface area contributed by atoms with E-state index in [4.69, 9.17) is 25.8 Å². The quantitative estimate of drug-likeness (QED) is 0.0454. The number of para-hydroxylation sites is 3. The Morgan fingerprint density at radius 3 is 0.953 bits per heavy atom. The van der Waals surface area contributed by atoms with Crippen molar-refractivity contribution in [3.63, 3.8) is 0 Å². The zero-order valence-electron chi connectivity index (χ0n) is 75.9. The highest BCUT2D eigenvalue weighted by Gasteiger charge is 2.37. The molecule has 6 aromatic rings. The van der Waals surface area contributed by atoms with Gasteiger partial charge in [-0.3, -0.25) is 59.1 Å². The minimum Gasteiger partial charge on any atom is -0.506 e. The Labute approximate surface area is 750 Å². The number of amides is 9. The molecule has 3 aliphatic heterocycles. The lowest BCUT2D eigenvalue weighted by atomic mass is 9.99. The summed E-state index contributed by atoms with van der Waals surface area (Å²) in [4.78, 5) is 121. The van der Waals surface area contributed by atoms with Gasteiger partial charge in [0, 0.05) is 37.8 Å².